The molecule has 1 aromatic carbocycles. The van der Waals surface area contributed by atoms with Crippen LogP contribution in [0.5, 0.6) is 0 Å². The molecule has 2 amide bonds. The number of nitrogens with zero attached hydrogens (tertiary/aromatic N) is 5. The molecule has 0 aliphatic carbocycles. The Balaban J connectivity index is 2.23. The van der Waals surface area contributed by atoms with Gasteiger partial charge in [0.25, 0.3) is 11.8 Å². The topological polar surface area (TPSA) is 50.3 Å². The SMILES string of the molecule is CCN1C(=O)C(=C2C=C(/C=C/N(C)C)N(Cc3ccccc3)C(/C=C/N(C)C)=C2)C(=O)N(CC)C1=S. The van der Waals surface area contributed by atoms with Crippen LogP contribution in [0.4, 0.5) is 0 Å². The Morgan fingerprint density at radius 3 is 1.67 bits per heavy atom. The molecule has 0 saturated carbocycles. The molecular formula is C28H35N5O2S. The molecule has 3 rings (SSSR count). The lowest BCUT2D eigenvalue weighted by Gasteiger charge is -2.37. The number of amides is 2. The number of benzene rings is 1. The minimum absolute atomic E-state index is 0.137. The van der Waals surface area contributed by atoms with Crippen LogP contribution in [0.3, 0.4) is 0 Å². The fourth-order valence-corrected chi connectivity index (χ4v) is 4.39. The normalized spacial score (nSPS) is 16.9. The van der Waals surface area contributed by atoms with E-state index in [9.17, 15) is 9.59 Å². The van der Waals surface area contributed by atoms with E-state index in [1.807, 2.05) is 107 Å². The fraction of sp³-hybridized carbons (Fsp3) is 0.321. The summed E-state index contributed by atoms with van der Waals surface area (Å²) in [6.07, 6.45) is 11.7. The van der Waals surface area contributed by atoms with Crippen LogP contribution in [0.1, 0.15) is 19.4 Å². The molecule has 0 atom stereocenters. The Kier molecular flexibility index (Phi) is 8.88. The fourth-order valence-electron chi connectivity index (χ4n) is 3.97. The first-order valence-corrected chi connectivity index (χ1v) is 12.4. The lowest BCUT2D eigenvalue weighted by atomic mass is 9.97. The van der Waals surface area contributed by atoms with Crippen molar-refractivity contribution in [1.29, 1.82) is 0 Å². The van der Waals surface area contributed by atoms with Crippen LogP contribution in [0.15, 0.2) is 89.6 Å². The van der Waals surface area contributed by atoms with Gasteiger partial charge in [0.05, 0.1) is 0 Å². The van der Waals surface area contributed by atoms with E-state index >= 15 is 0 Å². The average Bonchev–Trinajstić information content (AvgIpc) is 2.83. The summed E-state index contributed by atoms with van der Waals surface area (Å²) in [6.45, 7) is 5.14. The molecule has 1 aromatic rings. The van der Waals surface area contributed by atoms with Gasteiger partial charge in [0, 0.05) is 71.6 Å². The summed E-state index contributed by atoms with van der Waals surface area (Å²) in [7, 11) is 7.82. The smallest absolute Gasteiger partial charge is 0.266 e. The van der Waals surface area contributed by atoms with Crippen LogP contribution in [0, 0.1) is 0 Å². The number of carbonyl (C=O) groups is 2. The van der Waals surface area contributed by atoms with Gasteiger partial charge in [-0.1, -0.05) is 30.3 Å². The first-order valence-electron chi connectivity index (χ1n) is 12.0. The third-order valence-electron chi connectivity index (χ3n) is 5.80. The second kappa shape index (κ2) is 11.9. The Morgan fingerprint density at radius 2 is 1.25 bits per heavy atom. The van der Waals surface area contributed by atoms with Gasteiger partial charge in [-0.05, 0) is 61.5 Å². The highest BCUT2D eigenvalue weighted by Crippen LogP contribution is 2.31. The summed E-state index contributed by atoms with van der Waals surface area (Å²) in [5.41, 5.74) is 3.60. The maximum absolute atomic E-state index is 13.5. The highest BCUT2D eigenvalue weighted by Gasteiger charge is 2.39. The van der Waals surface area contributed by atoms with Gasteiger partial charge in [-0.15, -0.1) is 0 Å². The lowest BCUT2D eigenvalue weighted by molar-refractivity contribution is -0.133. The number of thiocarbonyl (C=S) groups is 1. The second-order valence-corrected chi connectivity index (χ2v) is 9.35. The molecule has 190 valence electrons. The van der Waals surface area contributed by atoms with Crippen molar-refractivity contribution in [2.45, 2.75) is 20.4 Å². The Morgan fingerprint density at radius 1 is 0.778 bits per heavy atom. The molecule has 8 heteroatoms. The van der Waals surface area contributed by atoms with E-state index in [1.54, 1.807) is 0 Å². The molecule has 2 heterocycles. The molecule has 7 nitrogen and oxygen atoms in total. The van der Waals surface area contributed by atoms with E-state index in [4.69, 9.17) is 12.2 Å². The molecule has 0 N–H and O–H groups in total. The Labute approximate surface area is 219 Å². The quantitative estimate of drug-likeness (QED) is 0.305. The predicted molar refractivity (Wildman–Crippen MR) is 148 cm³/mol. The third kappa shape index (κ3) is 5.94. The van der Waals surface area contributed by atoms with Gasteiger partial charge in [0.2, 0.25) is 0 Å². The van der Waals surface area contributed by atoms with Crippen LogP contribution in [0.25, 0.3) is 0 Å². The van der Waals surface area contributed by atoms with Crippen molar-refractivity contribution in [1.82, 2.24) is 24.5 Å². The average molecular weight is 506 g/mol. The number of hydrogen-bond donors (Lipinski definition) is 0. The molecule has 2 aliphatic rings. The van der Waals surface area contributed by atoms with Crippen LogP contribution in [-0.2, 0) is 16.1 Å². The zero-order valence-electron chi connectivity index (χ0n) is 21.9. The maximum atomic E-state index is 13.5. The van der Waals surface area contributed by atoms with Crippen molar-refractivity contribution >= 4 is 29.1 Å². The van der Waals surface area contributed by atoms with E-state index in [0.717, 1.165) is 17.0 Å². The van der Waals surface area contributed by atoms with Gasteiger partial charge in [0.15, 0.2) is 5.11 Å². The van der Waals surface area contributed by atoms with Crippen molar-refractivity contribution in [3.63, 3.8) is 0 Å². The van der Waals surface area contributed by atoms with Crippen molar-refractivity contribution in [3.05, 3.63) is 95.1 Å². The van der Waals surface area contributed by atoms with Crippen LogP contribution < -0.4 is 0 Å². The second-order valence-electron chi connectivity index (χ2n) is 8.98. The molecule has 0 spiro atoms. The van der Waals surface area contributed by atoms with Gasteiger partial charge >= 0.3 is 0 Å². The van der Waals surface area contributed by atoms with Crippen molar-refractivity contribution in [2.24, 2.45) is 0 Å². The van der Waals surface area contributed by atoms with Gasteiger partial charge in [-0.25, -0.2) is 0 Å². The molecule has 36 heavy (non-hydrogen) atoms. The predicted octanol–water partition coefficient (Wildman–Crippen LogP) is 3.71. The monoisotopic (exact) mass is 505 g/mol. The van der Waals surface area contributed by atoms with Crippen LogP contribution in [-0.4, -0.2) is 82.7 Å². The zero-order valence-corrected chi connectivity index (χ0v) is 22.7. The summed E-state index contributed by atoms with van der Waals surface area (Å²) in [4.78, 5) is 36.0. The molecule has 2 aliphatic heterocycles. The molecular weight excluding hydrogens is 470 g/mol. The summed E-state index contributed by atoms with van der Waals surface area (Å²) in [5.74, 6) is -0.717. The van der Waals surface area contributed by atoms with E-state index in [1.165, 1.54) is 9.80 Å². The number of carbonyl (C=O) groups excluding carboxylic acids is 2. The van der Waals surface area contributed by atoms with Crippen molar-refractivity contribution < 1.29 is 9.59 Å². The zero-order chi connectivity index (χ0) is 26.4. The molecule has 1 saturated heterocycles. The number of hydrogen-bond acceptors (Lipinski definition) is 6. The number of allylic oxidation sites excluding steroid dienone is 5. The number of likely N-dealkylation sites (N-methyl/N-ethyl adjacent to an activating group) is 2. The van der Waals surface area contributed by atoms with E-state index in [-0.39, 0.29) is 22.5 Å². The van der Waals surface area contributed by atoms with Crippen LogP contribution >= 0.6 is 12.2 Å². The first kappa shape index (κ1) is 26.9. The molecule has 1 fully saturated rings. The van der Waals surface area contributed by atoms with Crippen molar-refractivity contribution in [3.8, 4) is 0 Å². The van der Waals surface area contributed by atoms with Crippen molar-refractivity contribution in [2.75, 3.05) is 41.3 Å². The Hall–Kier alpha value is -3.65. The van der Waals surface area contributed by atoms with Gasteiger partial charge in [-0.3, -0.25) is 19.4 Å². The van der Waals surface area contributed by atoms with Gasteiger partial charge < -0.3 is 14.7 Å². The summed E-state index contributed by atoms with van der Waals surface area (Å²) in [5, 5.41) is 0.259. The van der Waals surface area contributed by atoms with Crippen LogP contribution in [0.2, 0.25) is 0 Å². The maximum Gasteiger partial charge on any atom is 0.266 e. The van der Waals surface area contributed by atoms with Gasteiger partial charge in [0.1, 0.15) is 5.57 Å². The highest BCUT2D eigenvalue weighted by molar-refractivity contribution is 7.80. The minimum atomic E-state index is -0.358. The standard InChI is InChI=1S/C28H35N5O2S/c1-7-31-26(34)25(27(35)32(8-2)28(31)36)22-18-23(14-16-29(3)4)33(20-21-12-10-9-11-13-21)24(19-22)15-17-30(5)6/h9-19H,7-8,20H2,1-6H3/b16-14+,17-15+. The van der Waals surface area contributed by atoms with E-state index in [2.05, 4.69) is 17.0 Å². The Bertz CT molecular complexity index is 1100. The highest BCUT2D eigenvalue weighted by atomic mass is 32.1. The summed E-state index contributed by atoms with van der Waals surface area (Å²) < 4.78 is 0. The summed E-state index contributed by atoms with van der Waals surface area (Å²) >= 11 is 5.45. The molecule has 0 unspecified atom stereocenters. The largest absolute Gasteiger partial charge is 0.383 e. The molecule has 0 aromatic heterocycles. The van der Waals surface area contributed by atoms with E-state index < -0.39 is 0 Å². The molecule has 0 radical (unpaired) electrons. The van der Waals surface area contributed by atoms with E-state index in [0.29, 0.717) is 25.2 Å². The van der Waals surface area contributed by atoms with Gasteiger partial charge in [-0.2, -0.15) is 0 Å². The molecule has 0 bridgehead atoms. The first-order chi connectivity index (χ1) is 17.2. The lowest BCUT2D eigenvalue weighted by Crippen LogP contribution is -2.56. The minimum Gasteiger partial charge on any atom is -0.383 e. The number of rotatable bonds is 8. The third-order valence-corrected chi connectivity index (χ3v) is 6.24. The summed E-state index contributed by atoms with van der Waals surface area (Å²) in [6, 6.07) is 10.2.